The molecule has 1 aromatic heterocycles. The highest BCUT2D eigenvalue weighted by Gasteiger charge is 2.32. The molecule has 0 radical (unpaired) electrons. The van der Waals surface area contributed by atoms with E-state index in [0.29, 0.717) is 6.54 Å². The number of likely N-dealkylation sites (tertiary alicyclic amines) is 1. The highest BCUT2D eigenvalue weighted by Crippen LogP contribution is 2.37. The van der Waals surface area contributed by atoms with Crippen molar-refractivity contribution in [3.8, 4) is 0 Å². The molecule has 0 spiro atoms. The van der Waals surface area contributed by atoms with Crippen LogP contribution in [0.1, 0.15) is 60.7 Å². The first kappa shape index (κ1) is 16.7. The number of carbonyl (C=O) groups excluding carboxylic acids is 1. The monoisotopic (exact) mass is 330 g/mol. The number of amides is 1. The second kappa shape index (κ2) is 6.06. The minimum Gasteiger partial charge on any atom is -0.455 e. The number of carbonyl (C=O) groups is 1. The van der Waals surface area contributed by atoms with Gasteiger partial charge in [0.15, 0.2) is 5.76 Å². The normalized spacial score (nSPS) is 18.4. The minimum atomic E-state index is -0.551. The zero-order valence-electron chi connectivity index (χ0n) is 14.3. The average molecular weight is 330 g/mol. The first-order valence-corrected chi connectivity index (χ1v) is 8.18. The number of halogens is 1. The van der Waals surface area contributed by atoms with Crippen molar-refractivity contribution in [2.24, 2.45) is 5.73 Å². The molecule has 5 heteroatoms. The first-order valence-electron chi connectivity index (χ1n) is 8.18. The van der Waals surface area contributed by atoms with Crippen LogP contribution in [0.25, 0.3) is 0 Å². The summed E-state index contributed by atoms with van der Waals surface area (Å²) in [6.45, 7) is 7.79. The largest absolute Gasteiger partial charge is 0.455 e. The van der Waals surface area contributed by atoms with Crippen molar-refractivity contribution in [2.45, 2.75) is 45.2 Å². The molecule has 1 aliphatic rings. The van der Waals surface area contributed by atoms with Crippen LogP contribution in [0, 0.1) is 5.82 Å². The number of hydrogen-bond acceptors (Lipinski definition) is 3. The van der Waals surface area contributed by atoms with Gasteiger partial charge in [0.1, 0.15) is 11.6 Å². The van der Waals surface area contributed by atoms with E-state index in [1.54, 1.807) is 6.07 Å². The molecule has 1 amide bonds. The molecule has 4 nitrogen and oxygen atoms in total. The van der Waals surface area contributed by atoms with E-state index in [4.69, 9.17) is 10.2 Å². The SMILES string of the molecule is CC(C)(C)c1oc(C(N)=O)cc1CN1CCC1c1ccc(F)cc1. The molecular weight excluding hydrogens is 307 g/mol. The van der Waals surface area contributed by atoms with Gasteiger partial charge in [-0.2, -0.15) is 0 Å². The molecular formula is C19H23FN2O2. The van der Waals surface area contributed by atoms with Crippen LogP contribution >= 0.6 is 0 Å². The number of benzene rings is 1. The number of furan rings is 1. The summed E-state index contributed by atoms with van der Waals surface area (Å²) in [5.74, 6) is 0.223. The number of nitrogens with zero attached hydrogens (tertiary/aromatic N) is 1. The minimum absolute atomic E-state index is 0.203. The average Bonchev–Trinajstić information content (AvgIpc) is 2.90. The molecule has 3 rings (SSSR count). The maximum absolute atomic E-state index is 13.1. The summed E-state index contributed by atoms with van der Waals surface area (Å²) < 4.78 is 18.8. The van der Waals surface area contributed by atoms with Gasteiger partial charge in [-0.1, -0.05) is 32.9 Å². The van der Waals surface area contributed by atoms with Crippen LogP contribution in [0.3, 0.4) is 0 Å². The van der Waals surface area contributed by atoms with Crippen molar-refractivity contribution < 1.29 is 13.6 Å². The molecule has 0 aliphatic carbocycles. The quantitative estimate of drug-likeness (QED) is 0.928. The summed E-state index contributed by atoms with van der Waals surface area (Å²) >= 11 is 0. The molecule has 1 saturated heterocycles. The lowest BCUT2D eigenvalue weighted by atomic mass is 9.89. The number of primary amides is 1. The van der Waals surface area contributed by atoms with Crippen LogP contribution < -0.4 is 5.73 Å². The Kier molecular flexibility index (Phi) is 4.22. The molecule has 1 aliphatic heterocycles. The molecule has 1 fully saturated rings. The van der Waals surface area contributed by atoms with Crippen molar-refractivity contribution in [3.63, 3.8) is 0 Å². The summed E-state index contributed by atoms with van der Waals surface area (Å²) in [5, 5.41) is 0. The first-order chi connectivity index (χ1) is 11.3. The van der Waals surface area contributed by atoms with E-state index in [1.807, 2.05) is 32.9 Å². The predicted octanol–water partition coefficient (Wildman–Crippen LogP) is 3.76. The van der Waals surface area contributed by atoms with E-state index in [0.717, 1.165) is 29.9 Å². The van der Waals surface area contributed by atoms with Crippen molar-refractivity contribution >= 4 is 5.91 Å². The zero-order chi connectivity index (χ0) is 17.5. The summed E-state index contributed by atoms with van der Waals surface area (Å²) in [5.41, 5.74) is 7.26. The van der Waals surface area contributed by atoms with E-state index in [-0.39, 0.29) is 23.0 Å². The van der Waals surface area contributed by atoms with Crippen LogP contribution in [0.15, 0.2) is 34.7 Å². The molecule has 2 N–H and O–H groups in total. The van der Waals surface area contributed by atoms with E-state index >= 15 is 0 Å². The second-order valence-corrected chi connectivity index (χ2v) is 7.41. The molecule has 2 heterocycles. The lowest BCUT2D eigenvalue weighted by Crippen LogP contribution is -2.40. The third-order valence-electron chi connectivity index (χ3n) is 4.49. The van der Waals surface area contributed by atoms with Crippen LogP contribution in [0.5, 0.6) is 0 Å². The van der Waals surface area contributed by atoms with Gasteiger partial charge in [0.25, 0.3) is 5.91 Å². The van der Waals surface area contributed by atoms with Crippen molar-refractivity contribution in [2.75, 3.05) is 6.54 Å². The molecule has 128 valence electrons. The van der Waals surface area contributed by atoms with Gasteiger partial charge in [-0.15, -0.1) is 0 Å². The molecule has 0 saturated carbocycles. The zero-order valence-corrected chi connectivity index (χ0v) is 14.3. The van der Waals surface area contributed by atoms with Gasteiger partial charge in [0, 0.05) is 30.1 Å². The Labute approximate surface area is 141 Å². The summed E-state index contributed by atoms with van der Waals surface area (Å²) in [6.07, 6.45) is 1.04. The van der Waals surface area contributed by atoms with Crippen LogP contribution in [0.2, 0.25) is 0 Å². The Morgan fingerprint density at radius 2 is 2.00 bits per heavy atom. The number of hydrogen-bond donors (Lipinski definition) is 1. The molecule has 24 heavy (non-hydrogen) atoms. The van der Waals surface area contributed by atoms with Crippen LogP contribution in [-0.2, 0) is 12.0 Å². The number of nitrogens with two attached hydrogens (primary N) is 1. The van der Waals surface area contributed by atoms with Gasteiger partial charge in [-0.3, -0.25) is 9.69 Å². The Bertz CT molecular complexity index is 744. The molecule has 1 unspecified atom stereocenters. The van der Waals surface area contributed by atoms with E-state index < -0.39 is 5.91 Å². The summed E-state index contributed by atoms with van der Waals surface area (Å²) in [7, 11) is 0. The number of rotatable bonds is 4. The lowest BCUT2D eigenvalue weighted by molar-refractivity contribution is 0.0806. The fraction of sp³-hybridized carbons (Fsp3) is 0.421. The topological polar surface area (TPSA) is 59.5 Å². The van der Waals surface area contributed by atoms with Crippen LogP contribution in [-0.4, -0.2) is 17.4 Å². The van der Waals surface area contributed by atoms with Gasteiger partial charge in [0.2, 0.25) is 0 Å². The van der Waals surface area contributed by atoms with Gasteiger partial charge >= 0.3 is 0 Å². The van der Waals surface area contributed by atoms with Gasteiger partial charge < -0.3 is 10.2 Å². The van der Waals surface area contributed by atoms with Crippen LogP contribution in [0.4, 0.5) is 4.39 Å². The Hall–Kier alpha value is -2.14. The smallest absolute Gasteiger partial charge is 0.284 e. The maximum atomic E-state index is 13.1. The Morgan fingerprint density at radius 1 is 1.33 bits per heavy atom. The molecule has 2 aromatic rings. The fourth-order valence-corrected chi connectivity index (χ4v) is 3.21. The Balaban J connectivity index is 1.83. The van der Waals surface area contributed by atoms with E-state index in [1.165, 1.54) is 12.1 Å². The van der Waals surface area contributed by atoms with Crippen molar-refractivity contribution in [1.82, 2.24) is 4.90 Å². The molecule has 0 bridgehead atoms. The summed E-state index contributed by atoms with van der Waals surface area (Å²) in [6, 6.07) is 8.68. The molecule has 1 aromatic carbocycles. The van der Waals surface area contributed by atoms with Crippen molar-refractivity contribution in [1.29, 1.82) is 0 Å². The fourth-order valence-electron chi connectivity index (χ4n) is 3.21. The highest BCUT2D eigenvalue weighted by molar-refractivity contribution is 5.90. The predicted molar refractivity (Wildman–Crippen MR) is 90.1 cm³/mol. The highest BCUT2D eigenvalue weighted by atomic mass is 19.1. The van der Waals surface area contributed by atoms with Gasteiger partial charge in [-0.05, 0) is 30.2 Å². The third kappa shape index (κ3) is 3.22. The Morgan fingerprint density at radius 3 is 2.50 bits per heavy atom. The second-order valence-electron chi connectivity index (χ2n) is 7.41. The third-order valence-corrected chi connectivity index (χ3v) is 4.49. The van der Waals surface area contributed by atoms with Gasteiger partial charge in [0.05, 0.1) is 0 Å². The summed E-state index contributed by atoms with van der Waals surface area (Å²) in [4.78, 5) is 13.8. The lowest BCUT2D eigenvalue weighted by Gasteiger charge is -2.41. The van der Waals surface area contributed by atoms with Crippen molar-refractivity contribution in [3.05, 3.63) is 58.8 Å². The van der Waals surface area contributed by atoms with E-state index in [2.05, 4.69) is 4.90 Å². The van der Waals surface area contributed by atoms with Gasteiger partial charge in [-0.25, -0.2) is 4.39 Å². The van der Waals surface area contributed by atoms with E-state index in [9.17, 15) is 9.18 Å². The standard InChI is InChI=1S/C19H23FN2O2/c1-19(2,3)17-13(10-16(24-17)18(21)23)11-22-9-8-15(22)12-4-6-14(20)7-5-12/h4-7,10,15H,8-9,11H2,1-3H3,(H2,21,23). The maximum Gasteiger partial charge on any atom is 0.284 e. The molecule has 1 atom stereocenters.